The second kappa shape index (κ2) is 2.74. The predicted molar refractivity (Wildman–Crippen MR) is 44.8 cm³/mol. The summed E-state index contributed by atoms with van der Waals surface area (Å²) in [7, 11) is 0. The average molecular weight is 155 g/mol. The van der Waals surface area contributed by atoms with Gasteiger partial charge in [0.15, 0.2) is 0 Å². The Morgan fingerprint density at radius 2 is 2.60 bits per heavy atom. The van der Waals surface area contributed by atoms with E-state index in [2.05, 4.69) is 16.2 Å². The van der Waals surface area contributed by atoms with Crippen LogP contribution in [0.15, 0.2) is 4.99 Å². The van der Waals surface area contributed by atoms with Gasteiger partial charge >= 0.3 is 0 Å². The molecule has 54 valence electrons. The van der Waals surface area contributed by atoms with Crippen LogP contribution in [0.4, 0.5) is 0 Å². The van der Waals surface area contributed by atoms with E-state index >= 15 is 0 Å². The Morgan fingerprint density at radius 1 is 1.60 bits per heavy atom. The second-order valence-corrected chi connectivity index (χ2v) is 3.77. The zero-order chi connectivity index (χ0) is 6.81. The lowest BCUT2D eigenvalue weighted by Crippen LogP contribution is -2.68. The second-order valence-electron chi connectivity index (χ2n) is 2.68. The summed E-state index contributed by atoms with van der Waals surface area (Å²) in [4.78, 5) is 7.65. The quantitative estimate of drug-likeness (QED) is 0.499. The number of nitrogens with one attached hydrogen (secondary N) is 1. The molecule has 0 saturated heterocycles. The molecule has 2 aliphatic heterocycles. The number of nitrogens with zero attached hydrogens (tertiary/aromatic N) is 1. The lowest BCUT2D eigenvalue weighted by Gasteiger charge is -2.08. The Kier molecular flexibility index (Phi) is 1.76. The highest BCUT2D eigenvalue weighted by Gasteiger charge is 2.26. The molecular weight excluding hydrogens is 144 g/mol. The van der Waals surface area contributed by atoms with Crippen LogP contribution in [0.1, 0.15) is 12.8 Å². The van der Waals surface area contributed by atoms with Crippen molar-refractivity contribution in [2.45, 2.75) is 24.1 Å². The Balaban J connectivity index is 2.07. The van der Waals surface area contributed by atoms with E-state index in [1.54, 1.807) is 0 Å². The Morgan fingerprint density at radius 3 is 3.60 bits per heavy atom. The molecular formula is C7H11N2S+. The first kappa shape index (κ1) is 6.40. The lowest BCUT2D eigenvalue weighted by molar-refractivity contribution is -0.451. The van der Waals surface area contributed by atoms with Crippen LogP contribution in [-0.4, -0.2) is 29.6 Å². The minimum Gasteiger partial charge on any atom is -0.281 e. The van der Waals surface area contributed by atoms with Crippen LogP contribution in [-0.2, 0) is 0 Å². The first-order valence-electron chi connectivity index (χ1n) is 3.69. The van der Waals surface area contributed by atoms with Gasteiger partial charge in [-0.15, -0.1) is 11.8 Å². The van der Waals surface area contributed by atoms with Crippen molar-refractivity contribution in [3.8, 4) is 0 Å². The van der Waals surface area contributed by atoms with E-state index < -0.39 is 0 Å². The molecule has 0 aromatic heterocycles. The highest BCUT2D eigenvalue weighted by Crippen LogP contribution is 2.26. The summed E-state index contributed by atoms with van der Waals surface area (Å²) in [6.45, 7) is 1.12. The van der Waals surface area contributed by atoms with Crippen molar-refractivity contribution in [2.24, 2.45) is 4.99 Å². The molecule has 2 aliphatic rings. The number of hydrogen-bond acceptors (Lipinski definition) is 2. The van der Waals surface area contributed by atoms with Crippen LogP contribution in [0.25, 0.3) is 0 Å². The number of rotatable bonds is 0. The third-order valence-corrected chi connectivity index (χ3v) is 3.14. The summed E-state index contributed by atoms with van der Waals surface area (Å²) in [5.41, 5.74) is 2.01. The van der Waals surface area contributed by atoms with Crippen molar-refractivity contribution in [3.63, 3.8) is 0 Å². The number of fused-ring (bicyclic) bond motifs is 1. The van der Waals surface area contributed by atoms with Gasteiger partial charge in [0.2, 0.25) is 0 Å². The zero-order valence-electron chi connectivity index (χ0n) is 5.79. The summed E-state index contributed by atoms with van der Waals surface area (Å²) in [6, 6.07) is 0.569. The van der Waals surface area contributed by atoms with Crippen molar-refractivity contribution in [1.82, 2.24) is 0 Å². The molecule has 1 N–H and O–H groups in total. The zero-order valence-corrected chi connectivity index (χ0v) is 6.60. The molecule has 2 atom stereocenters. The predicted octanol–water partition coefficient (Wildman–Crippen LogP) is -0.556. The summed E-state index contributed by atoms with van der Waals surface area (Å²) < 4.78 is 0. The molecule has 0 amide bonds. The molecule has 0 saturated carbocycles. The number of hydrogen-bond donors (Lipinski definition) is 1. The maximum Gasteiger partial charge on any atom is 0.141 e. The van der Waals surface area contributed by atoms with Gasteiger partial charge in [-0.2, -0.15) is 0 Å². The lowest BCUT2D eigenvalue weighted by atomic mass is 10.1. The first-order chi connectivity index (χ1) is 4.97. The van der Waals surface area contributed by atoms with Gasteiger partial charge in [0.05, 0.1) is 11.6 Å². The highest BCUT2D eigenvalue weighted by atomic mass is 32.2. The Hall–Kier alpha value is -0.310. The van der Waals surface area contributed by atoms with Gasteiger partial charge in [0.1, 0.15) is 12.8 Å². The smallest absolute Gasteiger partial charge is 0.141 e. The molecule has 2 heterocycles. The third-order valence-electron chi connectivity index (χ3n) is 1.99. The molecule has 2 unspecified atom stereocenters. The molecule has 0 spiro atoms. The minimum atomic E-state index is 0.569. The number of aliphatic imine (C=N–C) groups is 1. The largest absolute Gasteiger partial charge is 0.281 e. The van der Waals surface area contributed by atoms with Crippen molar-refractivity contribution in [1.29, 1.82) is 0 Å². The van der Waals surface area contributed by atoms with E-state index in [-0.39, 0.29) is 0 Å². The van der Waals surface area contributed by atoms with Crippen LogP contribution in [0.5, 0.6) is 0 Å². The Labute approximate surface area is 64.8 Å². The monoisotopic (exact) mass is 155 g/mol. The molecule has 0 aromatic rings. The summed E-state index contributed by atoms with van der Waals surface area (Å²) in [5, 5.41) is 0.756. The standard InChI is InChI=1S/C7H10N2S/c1-3-8-4-2-7-6(1)9-5-10-7/h3,5-7H,1-2,4H2/p+1. The Bertz CT molecular complexity index is 176. The fourth-order valence-electron chi connectivity index (χ4n) is 1.38. The van der Waals surface area contributed by atoms with Crippen LogP contribution < -0.4 is 4.99 Å². The van der Waals surface area contributed by atoms with E-state index in [1.165, 1.54) is 6.42 Å². The van der Waals surface area contributed by atoms with Crippen molar-refractivity contribution < 1.29 is 4.99 Å². The van der Waals surface area contributed by atoms with Gasteiger partial charge in [-0.1, -0.05) is 0 Å². The van der Waals surface area contributed by atoms with Gasteiger partial charge in [0, 0.05) is 18.1 Å². The first-order valence-corrected chi connectivity index (χ1v) is 4.63. The van der Waals surface area contributed by atoms with Crippen molar-refractivity contribution in [2.75, 3.05) is 6.54 Å². The third kappa shape index (κ3) is 1.10. The van der Waals surface area contributed by atoms with E-state index in [9.17, 15) is 0 Å². The summed E-state index contributed by atoms with van der Waals surface area (Å²) in [5.74, 6) is 0. The van der Waals surface area contributed by atoms with Crippen molar-refractivity contribution >= 4 is 23.5 Å². The fraction of sp³-hybridized carbons (Fsp3) is 0.714. The topological polar surface area (TPSA) is 26.3 Å². The molecule has 0 bridgehead atoms. The SMILES string of the molecule is C1=NC2CC=[NH+]CCC2S1. The highest BCUT2D eigenvalue weighted by molar-refractivity contribution is 8.12. The average Bonchev–Trinajstić information content (AvgIpc) is 2.28. The molecule has 0 fully saturated rings. The van der Waals surface area contributed by atoms with Crippen LogP contribution in [0.2, 0.25) is 0 Å². The van der Waals surface area contributed by atoms with Gasteiger partial charge < -0.3 is 0 Å². The van der Waals surface area contributed by atoms with Crippen LogP contribution in [0, 0.1) is 0 Å². The van der Waals surface area contributed by atoms with Crippen LogP contribution >= 0.6 is 11.8 Å². The molecule has 3 heteroatoms. The fourth-order valence-corrected chi connectivity index (χ4v) is 2.38. The molecule has 0 aromatic carbocycles. The summed E-state index contributed by atoms with van der Waals surface area (Å²) >= 11 is 1.89. The van der Waals surface area contributed by atoms with E-state index in [0.29, 0.717) is 6.04 Å². The normalized spacial score (nSPS) is 37.6. The van der Waals surface area contributed by atoms with Crippen LogP contribution in [0.3, 0.4) is 0 Å². The summed E-state index contributed by atoms with van der Waals surface area (Å²) in [6.07, 6.45) is 4.51. The molecule has 10 heavy (non-hydrogen) atoms. The number of thioether (sulfide) groups is 1. The molecule has 2 rings (SSSR count). The van der Waals surface area contributed by atoms with Gasteiger partial charge in [-0.05, 0) is 0 Å². The minimum absolute atomic E-state index is 0.569. The maximum absolute atomic E-state index is 4.38. The van der Waals surface area contributed by atoms with Gasteiger partial charge in [0.25, 0.3) is 0 Å². The van der Waals surface area contributed by atoms with E-state index in [0.717, 1.165) is 18.2 Å². The van der Waals surface area contributed by atoms with Gasteiger partial charge in [-0.25, -0.2) is 0 Å². The van der Waals surface area contributed by atoms with E-state index in [1.807, 2.05) is 17.3 Å². The van der Waals surface area contributed by atoms with Gasteiger partial charge in [-0.3, -0.25) is 9.98 Å². The van der Waals surface area contributed by atoms with Crippen molar-refractivity contribution in [3.05, 3.63) is 0 Å². The molecule has 0 aliphatic carbocycles. The van der Waals surface area contributed by atoms with E-state index in [4.69, 9.17) is 0 Å². The molecule has 2 nitrogen and oxygen atoms in total. The molecule has 0 radical (unpaired) electrons. The maximum atomic E-state index is 4.38.